The molecule has 0 aliphatic carbocycles. The number of ether oxygens (including phenoxy) is 2. The van der Waals surface area contributed by atoms with Crippen molar-refractivity contribution in [2.75, 3.05) is 7.11 Å². The van der Waals surface area contributed by atoms with E-state index in [1.165, 1.54) is 19.2 Å². The molecule has 0 aliphatic rings. The fourth-order valence-electron chi connectivity index (χ4n) is 1.52. The third-order valence-electron chi connectivity index (χ3n) is 2.32. The van der Waals surface area contributed by atoms with E-state index in [4.69, 9.17) is 16.9 Å². The van der Waals surface area contributed by atoms with Crippen molar-refractivity contribution in [2.45, 2.75) is 18.9 Å². The number of methoxy groups -OCH3 is 1. The molecule has 0 aliphatic heterocycles. The number of carbonyl (C=O) groups is 1. The van der Waals surface area contributed by atoms with Crippen LogP contribution < -0.4 is 4.74 Å². The maximum absolute atomic E-state index is 12.2. The van der Waals surface area contributed by atoms with E-state index in [9.17, 15) is 13.6 Å². The standard InChI is InChI=1S/C12H10ClF2NO3/c1-18-11(17)4-7-2-9(19-12(14)15)3-8(5-13)10(7)6-16/h2-3,12H,4-5H2,1H3. The van der Waals surface area contributed by atoms with Gasteiger partial charge < -0.3 is 9.47 Å². The molecule has 4 nitrogen and oxygen atoms in total. The first-order chi connectivity index (χ1) is 9.01. The minimum Gasteiger partial charge on any atom is -0.469 e. The number of halogens is 3. The van der Waals surface area contributed by atoms with Crippen LogP contribution in [0.25, 0.3) is 0 Å². The van der Waals surface area contributed by atoms with Crippen LogP contribution >= 0.6 is 11.6 Å². The quantitative estimate of drug-likeness (QED) is 0.617. The van der Waals surface area contributed by atoms with Crippen molar-refractivity contribution < 1.29 is 23.0 Å². The number of hydrogen-bond donors (Lipinski definition) is 0. The zero-order valence-electron chi connectivity index (χ0n) is 9.95. The molecule has 0 N–H and O–H groups in total. The molecule has 0 saturated carbocycles. The van der Waals surface area contributed by atoms with Gasteiger partial charge in [-0.05, 0) is 23.3 Å². The molecular weight excluding hydrogens is 280 g/mol. The molecule has 0 aromatic heterocycles. The Morgan fingerprint density at radius 3 is 2.58 bits per heavy atom. The number of esters is 1. The normalized spacial score (nSPS) is 10.1. The van der Waals surface area contributed by atoms with Crippen molar-refractivity contribution in [3.05, 3.63) is 28.8 Å². The lowest BCUT2D eigenvalue weighted by Crippen LogP contribution is -2.09. The first kappa shape index (κ1) is 15.2. The van der Waals surface area contributed by atoms with E-state index in [0.29, 0.717) is 5.56 Å². The van der Waals surface area contributed by atoms with Crippen molar-refractivity contribution in [3.63, 3.8) is 0 Å². The van der Waals surface area contributed by atoms with Crippen LogP contribution in [0.4, 0.5) is 8.78 Å². The Labute approximate surface area is 113 Å². The summed E-state index contributed by atoms with van der Waals surface area (Å²) in [6.07, 6.45) is -0.219. The van der Waals surface area contributed by atoms with Gasteiger partial charge in [0.15, 0.2) is 0 Å². The Kier molecular flexibility index (Phi) is 5.52. The van der Waals surface area contributed by atoms with Crippen LogP contribution in [0.15, 0.2) is 12.1 Å². The lowest BCUT2D eigenvalue weighted by atomic mass is 10.00. The van der Waals surface area contributed by atoms with Gasteiger partial charge in [0.25, 0.3) is 0 Å². The summed E-state index contributed by atoms with van der Waals surface area (Å²) in [7, 11) is 1.19. The third-order valence-corrected chi connectivity index (χ3v) is 2.61. The number of benzene rings is 1. The van der Waals surface area contributed by atoms with Crippen molar-refractivity contribution >= 4 is 17.6 Å². The maximum Gasteiger partial charge on any atom is 0.387 e. The summed E-state index contributed by atoms with van der Waals surface area (Å²) in [5.74, 6) is -0.799. The fourth-order valence-corrected chi connectivity index (χ4v) is 1.73. The molecule has 19 heavy (non-hydrogen) atoms. The summed E-state index contributed by atoms with van der Waals surface area (Å²) < 4.78 is 33.1. The first-order valence-electron chi connectivity index (χ1n) is 5.15. The van der Waals surface area contributed by atoms with Crippen LogP contribution in [-0.4, -0.2) is 19.7 Å². The average Bonchev–Trinajstić information content (AvgIpc) is 2.37. The number of nitrogens with zero attached hydrogens (tertiary/aromatic N) is 1. The van der Waals surface area contributed by atoms with Gasteiger partial charge >= 0.3 is 12.6 Å². The summed E-state index contributed by atoms with van der Waals surface area (Å²) in [6.45, 7) is -3.00. The number of carbonyl (C=O) groups excluding carboxylic acids is 1. The van der Waals surface area contributed by atoms with Crippen LogP contribution in [0.3, 0.4) is 0 Å². The Bertz CT molecular complexity index is 514. The molecule has 0 unspecified atom stereocenters. The highest BCUT2D eigenvalue weighted by molar-refractivity contribution is 6.17. The van der Waals surface area contributed by atoms with E-state index in [1.807, 2.05) is 6.07 Å². The van der Waals surface area contributed by atoms with E-state index in [0.717, 1.165) is 0 Å². The molecular formula is C12H10ClF2NO3. The van der Waals surface area contributed by atoms with E-state index in [2.05, 4.69) is 9.47 Å². The van der Waals surface area contributed by atoms with Gasteiger partial charge in [-0.3, -0.25) is 4.79 Å². The summed E-state index contributed by atoms with van der Waals surface area (Å²) in [4.78, 5) is 11.2. The van der Waals surface area contributed by atoms with Crippen LogP contribution in [0.2, 0.25) is 0 Å². The molecule has 0 amide bonds. The van der Waals surface area contributed by atoms with Gasteiger partial charge in [0.05, 0.1) is 25.2 Å². The Hall–Kier alpha value is -1.87. The highest BCUT2D eigenvalue weighted by atomic mass is 35.5. The van der Waals surface area contributed by atoms with Gasteiger partial charge in [0, 0.05) is 5.88 Å². The molecule has 0 bridgehead atoms. The van der Waals surface area contributed by atoms with Gasteiger partial charge in [-0.2, -0.15) is 14.0 Å². The minimum atomic E-state index is -3.00. The zero-order chi connectivity index (χ0) is 14.4. The predicted octanol–water partition coefficient (Wildman–Crippen LogP) is 2.61. The molecule has 7 heteroatoms. The SMILES string of the molecule is COC(=O)Cc1cc(OC(F)F)cc(CCl)c1C#N. The van der Waals surface area contributed by atoms with Crippen LogP contribution in [0, 0.1) is 11.3 Å². The van der Waals surface area contributed by atoms with Crippen LogP contribution in [0.1, 0.15) is 16.7 Å². The van der Waals surface area contributed by atoms with Crippen molar-refractivity contribution in [2.24, 2.45) is 0 Å². The number of alkyl halides is 3. The largest absolute Gasteiger partial charge is 0.469 e. The van der Waals surface area contributed by atoms with Crippen LogP contribution in [-0.2, 0) is 21.8 Å². The molecule has 1 aromatic carbocycles. The Balaban J connectivity index is 3.24. The van der Waals surface area contributed by atoms with E-state index < -0.39 is 12.6 Å². The van der Waals surface area contributed by atoms with Gasteiger partial charge in [0.2, 0.25) is 0 Å². The summed E-state index contributed by atoms with van der Waals surface area (Å²) in [5.41, 5.74) is 0.728. The molecule has 0 spiro atoms. The minimum absolute atomic E-state index is 0.0580. The molecule has 102 valence electrons. The molecule has 1 rings (SSSR count). The van der Waals surface area contributed by atoms with Crippen LogP contribution in [0.5, 0.6) is 5.75 Å². The summed E-state index contributed by atoms with van der Waals surface area (Å²) >= 11 is 5.65. The van der Waals surface area contributed by atoms with E-state index >= 15 is 0 Å². The fraction of sp³-hybridized carbons (Fsp3) is 0.333. The average molecular weight is 290 g/mol. The van der Waals surface area contributed by atoms with Crippen molar-refractivity contribution in [3.8, 4) is 11.8 Å². The second-order valence-corrected chi connectivity index (χ2v) is 3.76. The van der Waals surface area contributed by atoms with E-state index in [-0.39, 0.29) is 29.2 Å². The van der Waals surface area contributed by atoms with Gasteiger partial charge in [-0.1, -0.05) is 0 Å². The summed E-state index contributed by atoms with van der Waals surface area (Å²) in [6, 6.07) is 4.34. The van der Waals surface area contributed by atoms with Gasteiger partial charge in [0.1, 0.15) is 5.75 Å². The number of nitriles is 1. The number of hydrogen-bond acceptors (Lipinski definition) is 4. The van der Waals surface area contributed by atoms with Crippen molar-refractivity contribution in [1.29, 1.82) is 5.26 Å². The highest BCUT2D eigenvalue weighted by Crippen LogP contribution is 2.25. The topological polar surface area (TPSA) is 59.3 Å². The first-order valence-corrected chi connectivity index (χ1v) is 5.68. The molecule has 0 atom stereocenters. The lowest BCUT2D eigenvalue weighted by Gasteiger charge is -2.11. The maximum atomic E-state index is 12.2. The predicted molar refractivity (Wildman–Crippen MR) is 63.1 cm³/mol. The molecule has 1 aromatic rings. The monoisotopic (exact) mass is 289 g/mol. The van der Waals surface area contributed by atoms with Crippen molar-refractivity contribution in [1.82, 2.24) is 0 Å². The zero-order valence-corrected chi connectivity index (χ0v) is 10.7. The number of rotatable bonds is 5. The molecule has 0 saturated heterocycles. The lowest BCUT2D eigenvalue weighted by molar-refractivity contribution is -0.139. The van der Waals surface area contributed by atoms with Gasteiger partial charge in [-0.15, -0.1) is 11.6 Å². The molecule has 0 fully saturated rings. The molecule has 0 heterocycles. The second-order valence-electron chi connectivity index (χ2n) is 3.49. The Morgan fingerprint density at radius 1 is 1.47 bits per heavy atom. The third kappa shape index (κ3) is 4.07. The Morgan fingerprint density at radius 2 is 2.11 bits per heavy atom. The van der Waals surface area contributed by atoms with Gasteiger partial charge in [-0.25, -0.2) is 0 Å². The smallest absolute Gasteiger partial charge is 0.387 e. The van der Waals surface area contributed by atoms with E-state index in [1.54, 1.807) is 0 Å². The second kappa shape index (κ2) is 6.90. The highest BCUT2D eigenvalue weighted by Gasteiger charge is 2.16. The summed E-state index contributed by atoms with van der Waals surface area (Å²) in [5, 5.41) is 9.04. The molecule has 0 radical (unpaired) electrons.